The highest BCUT2D eigenvalue weighted by molar-refractivity contribution is 5.72. The van der Waals surface area contributed by atoms with Gasteiger partial charge in [-0.3, -0.25) is 9.69 Å². The molecule has 0 radical (unpaired) electrons. The van der Waals surface area contributed by atoms with Crippen molar-refractivity contribution in [2.75, 3.05) is 102 Å². The Morgan fingerprint density at radius 2 is 1.47 bits per heavy atom. The third-order valence-corrected chi connectivity index (χ3v) is 8.52. The SMILES string of the molecule is CCN1CCCC1CNc1nc(NCC2CCCCC2)nc(Nc2ccc(OC(=O)CCOCCOCCOCCOCCO)c(F)c2)n1. The van der Waals surface area contributed by atoms with Crippen molar-refractivity contribution in [3.8, 4) is 5.75 Å². The van der Waals surface area contributed by atoms with Crippen LogP contribution in [0.1, 0.15) is 58.3 Å². The Hall–Kier alpha value is -3.21. The number of aromatic nitrogens is 3. The highest BCUT2D eigenvalue weighted by atomic mass is 19.1. The normalized spacial score (nSPS) is 16.9. The molecule has 0 spiro atoms. The van der Waals surface area contributed by atoms with Gasteiger partial charge in [0, 0.05) is 30.9 Å². The second-order valence-corrected chi connectivity index (χ2v) is 12.2. The second-order valence-electron chi connectivity index (χ2n) is 12.2. The number of hydrogen-bond donors (Lipinski definition) is 4. The lowest BCUT2D eigenvalue weighted by Gasteiger charge is -2.23. The molecule has 1 saturated heterocycles. The van der Waals surface area contributed by atoms with E-state index < -0.39 is 11.8 Å². The third-order valence-electron chi connectivity index (χ3n) is 8.52. The highest BCUT2D eigenvalue weighted by Gasteiger charge is 2.23. The zero-order chi connectivity index (χ0) is 34.5. The van der Waals surface area contributed by atoms with Crippen molar-refractivity contribution in [2.45, 2.75) is 64.3 Å². The molecule has 14 nitrogen and oxygen atoms in total. The standard InChI is InChI=1S/C34H54FN7O7/c1-2-42-13-6-9-28(42)25-37-33-39-32(36-24-26-7-4-3-5-8-26)40-34(41-33)38-27-10-11-30(29(35)23-27)49-31(44)12-15-45-17-19-47-21-22-48-20-18-46-16-14-43/h10-11,23,26,28,43H,2-9,12-22,24-25H2,1H3,(H3,36,37,38,39,40,41). The van der Waals surface area contributed by atoms with E-state index in [9.17, 15) is 9.18 Å². The first kappa shape index (κ1) is 38.6. The van der Waals surface area contributed by atoms with Gasteiger partial charge < -0.3 is 44.7 Å². The van der Waals surface area contributed by atoms with Crippen molar-refractivity contribution in [1.29, 1.82) is 0 Å². The summed E-state index contributed by atoms with van der Waals surface area (Å²) in [4.78, 5) is 28.5. The summed E-state index contributed by atoms with van der Waals surface area (Å²) in [5, 5.41) is 18.5. The van der Waals surface area contributed by atoms with Gasteiger partial charge in [-0.15, -0.1) is 0 Å². The van der Waals surface area contributed by atoms with E-state index in [0.717, 1.165) is 32.6 Å². The number of carbonyl (C=O) groups excluding carboxylic acids is 1. The van der Waals surface area contributed by atoms with E-state index in [1.165, 1.54) is 50.7 Å². The molecule has 0 bridgehead atoms. The van der Waals surface area contributed by atoms with Crippen LogP contribution in [0.4, 0.5) is 27.9 Å². The molecule has 4 rings (SSSR count). The van der Waals surface area contributed by atoms with E-state index in [0.29, 0.717) is 75.8 Å². The number of benzene rings is 1. The van der Waals surface area contributed by atoms with Crippen LogP contribution in [0.15, 0.2) is 18.2 Å². The largest absolute Gasteiger partial charge is 0.423 e. The molecule has 4 N–H and O–H groups in total. The van der Waals surface area contributed by atoms with Crippen LogP contribution in [0.25, 0.3) is 0 Å². The third kappa shape index (κ3) is 14.7. The van der Waals surface area contributed by atoms with Gasteiger partial charge in [0.2, 0.25) is 17.8 Å². The number of likely N-dealkylation sites (N-methyl/N-ethyl adjacent to an activating group) is 1. The molecule has 15 heteroatoms. The maximum absolute atomic E-state index is 15.0. The van der Waals surface area contributed by atoms with Crippen molar-refractivity contribution in [1.82, 2.24) is 19.9 Å². The lowest BCUT2D eigenvalue weighted by atomic mass is 9.89. The molecular weight excluding hydrogens is 637 g/mol. The summed E-state index contributed by atoms with van der Waals surface area (Å²) >= 11 is 0. The molecule has 0 amide bonds. The van der Waals surface area contributed by atoms with Crippen molar-refractivity contribution in [2.24, 2.45) is 5.92 Å². The number of carbonyl (C=O) groups is 1. The minimum Gasteiger partial charge on any atom is -0.423 e. The molecule has 1 unspecified atom stereocenters. The molecule has 1 aromatic carbocycles. The predicted molar refractivity (Wildman–Crippen MR) is 184 cm³/mol. The monoisotopic (exact) mass is 691 g/mol. The van der Waals surface area contributed by atoms with Gasteiger partial charge in [0.1, 0.15) is 0 Å². The second kappa shape index (κ2) is 22.5. The number of hydrogen-bond acceptors (Lipinski definition) is 14. The topological polar surface area (TPSA) is 161 Å². The van der Waals surface area contributed by atoms with Crippen molar-refractivity contribution >= 4 is 29.5 Å². The number of likely N-dealkylation sites (tertiary alicyclic amines) is 1. The van der Waals surface area contributed by atoms with E-state index in [2.05, 4.69) is 42.7 Å². The zero-order valence-corrected chi connectivity index (χ0v) is 28.8. The highest BCUT2D eigenvalue weighted by Crippen LogP contribution is 2.26. The molecule has 1 aliphatic heterocycles. The van der Waals surface area contributed by atoms with Crippen molar-refractivity contribution in [3.63, 3.8) is 0 Å². The summed E-state index contributed by atoms with van der Waals surface area (Å²) in [6.07, 6.45) is 8.46. The lowest BCUT2D eigenvalue weighted by Crippen LogP contribution is -2.35. The first-order valence-electron chi connectivity index (χ1n) is 17.7. The molecule has 2 fully saturated rings. The number of nitrogens with one attached hydrogen (secondary N) is 3. The Labute approximate surface area is 288 Å². The Morgan fingerprint density at radius 1 is 0.837 bits per heavy atom. The van der Waals surface area contributed by atoms with Gasteiger partial charge in [-0.25, -0.2) is 4.39 Å². The maximum Gasteiger partial charge on any atom is 0.313 e. The van der Waals surface area contributed by atoms with Crippen LogP contribution >= 0.6 is 0 Å². The predicted octanol–water partition coefficient (Wildman–Crippen LogP) is 4.00. The van der Waals surface area contributed by atoms with E-state index in [-0.39, 0.29) is 31.3 Å². The molecule has 1 aromatic heterocycles. The van der Waals surface area contributed by atoms with Gasteiger partial charge >= 0.3 is 5.97 Å². The minimum atomic E-state index is -0.696. The summed E-state index contributed by atoms with van der Waals surface area (Å²) in [7, 11) is 0. The fourth-order valence-corrected chi connectivity index (χ4v) is 5.91. The number of ether oxygens (including phenoxy) is 5. The summed E-state index contributed by atoms with van der Waals surface area (Å²) in [6.45, 7) is 8.51. The van der Waals surface area contributed by atoms with Crippen LogP contribution in [-0.2, 0) is 23.7 Å². The van der Waals surface area contributed by atoms with Gasteiger partial charge in [0.15, 0.2) is 11.6 Å². The van der Waals surface area contributed by atoms with Gasteiger partial charge in [0.25, 0.3) is 0 Å². The molecule has 2 aliphatic rings. The average molecular weight is 692 g/mol. The minimum absolute atomic E-state index is 0.0104. The van der Waals surface area contributed by atoms with Gasteiger partial charge in [-0.05, 0) is 56.8 Å². The zero-order valence-electron chi connectivity index (χ0n) is 28.8. The number of aliphatic hydroxyl groups excluding tert-OH is 1. The van der Waals surface area contributed by atoms with Gasteiger partial charge in [-0.2, -0.15) is 15.0 Å². The fraction of sp³-hybridized carbons (Fsp3) is 0.706. The van der Waals surface area contributed by atoms with E-state index >= 15 is 0 Å². The summed E-state index contributed by atoms with van der Waals surface area (Å²) in [5.74, 6) is 0.314. The fourth-order valence-electron chi connectivity index (χ4n) is 5.91. The molecule has 274 valence electrons. The number of rotatable bonds is 24. The van der Waals surface area contributed by atoms with Gasteiger partial charge in [0.05, 0.1) is 65.9 Å². The Kier molecular flexibility index (Phi) is 17.7. The number of halogens is 1. The Balaban J connectivity index is 1.21. The molecule has 1 saturated carbocycles. The van der Waals surface area contributed by atoms with Crippen molar-refractivity contribution in [3.05, 3.63) is 24.0 Å². The summed E-state index contributed by atoms with van der Waals surface area (Å²) in [5.41, 5.74) is 0.407. The lowest BCUT2D eigenvalue weighted by molar-refractivity contribution is -0.135. The number of anilines is 4. The first-order valence-corrected chi connectivity index (χ1v) is 17.7. The molecule has 1 atom stereocenters. The molecule has 1 aliphatic carbocycles. The molecule has 49 heavy (non-hydrogen) atoms. The summed E-state index contributed by atoms with van der Waals surface area (Å²) < 4.78 is 41.4. The van der Waals surface area contributed by atoms with Gasteiger partial charge in [-0.1, -0.05) is 26.2 Å². The molecular formula is C34H54FN7O7. The Morgan fingerprint density at radius 3 is 2.12 bits per heavy atom. The van der Waals surface area contributed by atoms with Crippen LogP contribution < -0.4 is 20.7 Å². The molecule has 2 heterocycles. The first-order chi connectivity index (χ1) is 24.0. The van der Waals surface area contributed by atoms with Crippen molar-refractivity contribution < 1.29 is 38.0 Å². The average Bonchev–Trinajstić information content (AvgIpc) is 3.58. The van der Waals surface area contributed by atoms with Crippen LogP contribution in [0.3, 0.4) is 0 Å². The van der Waals surface area contributed by atoms with Crippen LogP contribution in [0.2, 0.25) is 0 Å². The number of nitrogens with zero attached hydrogens (tertiary/aromatic N) is 4. The van der Waals surface area contributed by atoms with E-state index in [1.807, 2.05) is 0 Å². The van der Waals surface area contributed by atoms with E-state index in [1.54, 1.807) is 6.07 Å². The number of esters is 1. The van der Waals surface area contributed by atoms with E-state index in [4.69, 9.17) is 28.8 Å². The molecule has 2 aromatic rings. The summed E-state index contributed by atoms with van der Waals surface area (Å²) in [6, 6.07) is 4.67. The van der Waals surface area contributed by atoms with Crippen LogP contribution in [0.5, 0.6) is 5.75 Å². The smallest absolute Gasteiger partial charge is 0.313 e. The van der Waals surface area contributed by atoms with Crippen LogP contribution in [-0.4, -0.2) is 123 Å². The van der Waals surface area contributed by atoms with Crippen LogP contribution in [0, 0.1) is 11.7 Å². The maximum atomic E-state index is 15.0. The number of aliphatic hydroxyl groups is 1. The Bertz CT molecular complexity index is 1240. The quantitative estimate of drug-likeness (QED) is 0.0710.